The summed E-state index contributed by atoms with van der Waals surface area (Å²) in [5, 5.41) is 0. The van der Waals surface area contributed by atoms with Gasteiger partial charge in [-0.2, -0.15) is 13.2 Å². The van der Waals surface area contributed by atoms with Gasteiger partial charge in [0.15, 0.2) is 5.78 Å². The first-order valence-electron chi connectivity index (χ1n) is 10.5. The molecular weight excluding hydrogens is 401 g/mol. The van der Waals surface area contributed by atoms with E-state index in [1.165, 1.54) is 44.5 Å². The fourth-order valence-electron chi connectivity index (χ4n) is 3.39. The van der Waals surface area contributed by atoms with E-state index in [0.717, 1.165) is 12.1 Å². The summed E-state index contributed by atoms with van der Waals surface area (Å²) < 4.78 is 37.8. The van der Waals surface area contributed by atoms with Gasteiger partial charge in [0.25, 0.3) is 0 Å². The van der Waals surface area contributed by atoms with Crippen LogP contribution in [0.15, 0.2) is 60.9 Å². The largest absolute Gasteiger partial charge is 0.416 e. The van der Waals surface area contributed by atoms with Crippen LogP contribution in [0.2, 0.25) is 0 Å². The summed E-state index contributed by atoms with van der Waals surface area (Å²) in [7, 11) is 0. The minimum absolute atomic E-state index is 0.0735. The number of imidazole rings is 1. The molecule has 2 aromatic carbocycles. The summed E-state index contributed by atoms with van der Waals surface area (Å²) >= 11 is 0. The molecule has 0 aliphatic heterocycles. The third-order valence-electron chi connectivity index (χ3n) is 5.00. The van der Waals surface area contributed by atoms with Crippen LogP contribution in [0.25, 0.3) is 11.1 Å². The Morgan fingerprint density at radius 3 is 2.13 bits per heavy atom. The Bertz CT molecular complexity index is 926. The van der Waals surface area contributed by atoms with Crippen molar-refractivity contribution in [3.05, 3.63) is 77.9 Å². The molecule has 0 radical (unpaired) electrons. The molecule has 0 bridgehead atoms. The Morgan fingerprint density at radius 1 is 1.00 bits per heavy atom. The van der Waals surface area contributed by atoms with Crippen LogP contribution in [0, 0.1) is 0 Å². The van der Waals surface area contributed by atoms with E-state index in [4.69, 9.17) is 0 Å². The maximum Gasteiger partial charge on any atom is 0.416 e. The van der Waals surface area contributed by atoms with Gasteiger partial charge in [-0.1, -0.05) is 63.1 Å². The van der Waals surface area contributed by atoms with E-state index >= 15 is 0 Å². The smallest absolute Gasteiger partial charge is 0.348 e. The zero-order chi connectivity index (χ0) is 22.9. The van der Waals surface area contributed by atoms with E-state index in [1.54, 1.807) is 30.3 Å². The number of Topliss-reactive ketones (excluding diaryl/α,β-unsaturated/α-hetero) is 1. The lowest BCUT2D eigenvalue weighted by Crippen LogP contribution is -2.04. The Kier molecular flexibility index (Phi) is 9.03. The lowest BCUT2D eigenvalue weighted by Gasteiger charge is -2.11. The molecule has 6 heteroatoms. The van der Waals surface area contributed by atoms with Crippen LogP contribution in [-0.4, -0.2) is 15.8 Å². The van der Waals surface area contributed by atoms with Crippen molar-refractivity contribution in [2.24, 2.45) is 0 Å². The maximum atomic E-state index is 12.6. The van der Waals surface area contributed by atoms with E-state index in [0.29, 0.717) is 22.6 Å². The summed E-state index contributed by atoms with van der Waals surface area (Å²) in [5.74, 6) is 1.74. The van der Waals surface area contributed by atoms with Crippen LogP contribution in [0.3, 0.4) is 0 Å². The number of ketones is 1. The summed E-state index contributed by atoms with van der Waals surface area (Å²) in [4.78, 5) is 18.6. The van der Waals surface area contributed by atoms with Crippen LogP contribution >= 0.6 is 0 Å². The number of nitrogens with one attached hydrogen (secondary N) is 1. The highest BCUT2D eigenvalue weighted by molar-refractivity contribution is 5.94. The first-order chi connectivity index (χ1) is 14.8. The Hall–Kier alpha value is -2.89. The van der Waals surface area contributed by atoms with Gasteiger partial charge in [0, 0.05) is 23.9 Å². The molecule has 3 rings (SSSR count). The highest BCUT2D eigenvalue weighted by atomic mass is 19.4. The average molecular weight is 431 g/mol. The first-order valence-corrected chi connectivity index (χ1v) is 10.5. The number of rotatable bonds is 7. The van der Waals surface area contributed by atoms with Gasteiger partial charge in [0.05, 0.1) is 5.56 Å². The lowest BCUT2D eigenvalue weighted by atomic mass is 9.98. The lowest BCUT2D eigenvalue weighted by molar-refractivity contribution is -0.137. The molecule has 1 N–H and O–H groups in total. The number of halogens is 3. The SMILES string of the molecule is CC(=O)c1ccc(-c2cccc(C(F)(F)F)c2)cc1.CCCC(CCC)c1ncc[nH]1. The normalized spacial score (nSPS) is 11.2. The third-order valence-corrected chi connectivity index (χ3v) is 5.00. The Labute approximate surface area is 181 Å². The molecule has 166 valence electrons. The number of nitrogens with zero attached hydrogens (tertiary/aromatic N) is 1. The molecule has 1 aromatic heterocycles. The molecule has 0 amide bonds. The topological polar surface area (TPSA) is 45.8 Å². The van der Waals surface area contributed by atoms with Gasteiger partial charge in [-0.05, 0) is 43.0 Å². The molecule has 0 fully saturated rings. The van der Waals surface area contributed by atoms with Gasteiger partial charge < -0.3 is 4.98 Å². The fraction of sp³-hybridized carbons (Fsp3) is 0.360. The van der Waals surface area contributed by atoms with Gasteiger partial charge >= 0.3 is 6.18 Å². The van der Waals surface area contributed by atoms with Crippen LogP contribution in [0.1, 0.15) is 74.1 Å². The minimum atomic E-state index is -4.35. The van der Waals surface area contributed by atoms with Crippen LogP contribution in [-0.2, 0) is 6.18 Å². The summed E-state index contributed by atoms with van der Waals surface area (Å²) in [5.41, 5.74) is 0.984. The van der Waals surface area contributed by atoms with Gasteiger partial charge in [0.1, 0.15) is 5.82 Å². The number of aromatic nitrogens is 2. The standard InChI is InChI=1S/C15H11F3O.C10H18N2/c1-10(19)11-5-7-12(8-6-11)13-3-2-4-14(9-13)15(16,17)18;1-3-5-9(6-4-2)10-11-7-8-12-10/h2-9H,1H3;7-9H,3-6H2,1-2H3,(H,11,12). The predicted octanol–water partition coefficient (Wildman–Crippen LogP) is 7.67. The van der Waals surface area contributed by atoms with E-state index in [1.807, 2.05) is 12.4 Å². The quantitative estimate of drug-likeness (QED) is 0.391. The molecule has 31 heavy (non-hydrogen) atoms. The molecule has 3 nitrogen and oxygen atoms in total. The minimum Gasteiger partial charge on any atom is -0.348 e. The van der Waals surface area contributed by atoms with Crippen molar-refractivity contribution < 1.29 is 18.0 Å². The summed E-state index contributed by atoms with van der Waals surface area (Å²) in [6.45, 7) is 5.90. The second-order valence-corrected chi connectivity index (χ2v) is 7.46. The van der Waals surface area contributed by atoms with Gasteiger partial charge in [-0.25, -0.2) is 4.98 Å². The number of hydrogen-bond acceptors (Lipinski definition) is 2. The van der Waals surface area contributed by atoms with Crippen molar-refractivity contribution in [2.45, 2.75) is 58.5 Å². The molecule has 0 aliphatic rings. The molecule has 0 unspecified atom stereocenters. The second kappa shape index (κ2) is 11.5. The van der Waals surface area contributed by atoms with Crippen molar-refractivity contribution in [1.82, 2.24) is 9.97 Å². The fourth-order valence-corrected chi connectivity index (χ4v) is 3.39. The Morgan fingerprint density at radius 2 is 1.65 bits per heavy atom. The zero-order valence-corrected chi connectivity index (χ0v) is 18.2. The average Bonchev–Trinajstić information content (AvgIpc) is 3.28. The van der Waals surface area contributed by atoms with Gasteiger partial charge in [-0.15, -0.1) is 0 Å². The van der Waals surface area contributed by atoms with Crippen LogP contribution < -0.4 is 0 Å². The molecule has 0 spiro atoms. The van der Waals surface area contributed by atoms with Crippen molar-refractivity contribution >= 4 is 5.78 Å². The molecule has 0 saturated heterocycles. The summed E-state index contributed by atoms with van der Waals surface area (Å²) in [6.07, 6.45) is 4.39. The number of hydrogen-bond donors (Lipinski definition) is 1. The second-order valence-electron chi connectivity index (χ2n) is 7.46. The highest BCUT2D eigenvalue weighted by Crippen LogP contribution is 2.32. The molecule has 3 aromatic rings. The first kappa shape index (κ1) is 24.4. The Balaban J connectivity index is 0.000000245. The molecular formula is C25H29F3N2O. The molecule has 1 heterocycles. The van der Waals surface area contributed by atoms with Crippen LogP contribution in [0.5, 0.6) is 0 Å². The van der Waals surface area contributed by atoms with Crippen molar-refractivity contribution in [2.75, 3.05) is 0 Å². The summed E-state index contributed by atoms with van der Waals surface area (Å²) in [6, 6.07) is 11.6. The van der Waals surface area contributed by atoms with Crippen molar-refractivity contribution in [3.63, 3.8) is 0 Å². The monoisotopic (exact) mass is 430 g/mol. The number of aromatic amines is 1. The number of alkyl halides is 3. The molecule has 0 aliphatic carbocycles. The van der Waals surface area contributed by atoms with E-state index in [-0.39, 0.29) is 5.78 Å². The van der Waals surface area contributed by atoms with Crippen molar-refractivity contribution in [3.8, 4) is 11.1 Å². The number of carbonyl (C=O) groups excluding carboxylic acids is 1. The molecule has 0 saturated carbocycles. The number of benzene rings is 2. The third kappa shape index (κ3) is 7.39. The molecule has 0 atom stereocenters. The van der Waals surface area contributed by atoms with E-state index < -0.39 is 11.7 Å². The van der Waals surface area contributed by atoms with Gasteiger partial charge in [-0.3, -0.25) is 4.79 Å². The number of H-pyrrole nitrogens is 1. The van der Waals surface area contributed by atoms with Crippen LogP contribution in [0.4, 0.5) is 13.2 Å². The zero-order valence-electron chi connectivity index (χ0n) is 18.2. The van der Waals surface area contributed by atoms with Crippen molar-refractivity contribution in [1.29, 1.82) is 0 Å². The van der Waals surface area contributed by atoms with E-state index in [2.05, 4.69) is 23.8 Å². The number of carbonyl (C=O) groups is 1. The van der Waals surface area contributed by atoms with Gasteiger partial charge in [0.2, 0.25) is 0 Å². The predicted molar refractivity (Wildman–Crippen MR) is 118 cm³/mol. The van der Waals surface area contributed by atoms with E-state index in [9.17, 15) is 18.0 Å². The highest BCUT2D eigenvalue weighted by Gasteiger charge is 2.30. The maximum absolute atomic E-state index is 12.6.